The molecule has 74 valence electrons. The van der Waals surface area contributed by atoms with E-state index in [0.717, 1.165) is 0 Å². The summed E-state index contributed by atoms with van der Waals surface area (Å²) in [6.07, 6.45) is 0.479. The van der Waals surface area contributed by atoms with Crippen molar-refractivity contribution in [3.63, 3.8) is 0 Å². The summed E-state index contributed by atoms with van der Waals surface area (Å²) >= 11 is 0. The molecule has 6 heteroatoms. The molecule has 0 N–H and O–H groups in total. The first-order chi connectivity index (χ1) is 6.66. The van der Waals surface area contributed by atoms with E-state index >= 15 is 0 Å². The minimum atomic E-state index is -1.63. The molecule has 0 aliphatic carbocycles. The van der Waals surface area contributed by atoms with Crippen molar-refractivity contribution in [3.05, 3.63) is 34.4 Å². The summed E-state index contributed by atoms with van der Waals surface area (Å²) in [5, 5.41) is 10.5. The summed E-state index contributed by atoms with van der Waals surface area (Å²) in [5.41, 5.74) is -0.215. The van der Waals surface area contributed by atoms with Crippen LogP contribution in [0.4, 0.5) is 5.69 Å². The fraction of sp³-hybridized carbons (Fsp3) is 0.125. The molecule has 0 amide bonds. The van der Waals surface area contributed by atoms with Crippen LogP contribution >= 0.6 is 0 Å². The second-order valence-corrected chi connectivity index (χ2v) is 3.87. The predicted octanol–water partition coefficient (Wildman–Crippen LogP) is 0.901. The van der Waals surface area contributed by atoms with E-state index in [1.165, 1.54) is 18.2 Å². The molecule has 1 atom stereocenters. The van der Waals surface area contributed by atoms with Gasteiger partial charge in [0.2, 0.25) is 0 Å². The first-order valence-electron chi connectivity index (χ1n) is 3.72. The van der Waals surface area contributed by atoms with Gasteiger partial charge in [-0.2, -0.15) is 0 Å². The Labute approximate surface area is 82.4 Å². The number of hydrogen-bond acceptors (Lipinski definition) is 4. The topological polar surface area (TPSA) is 77.3 Å². The molecule has 1 aromatic rings. The van der Waals surface area contributed by atoms with Crippen molar-refractivity contribution >= 4 is 22.8 Å². The van der Waals surface area contributed by atoms with Gasteiger partial charge in [0.15, 0.2) is 0 Å². The van der Waals surface area contributed by atoms with Gasteiger partial charge in [0.25, 0.3) is 5.69 Å². The number of carbonyl (C=O) groups is 1. The van der Waals surface area contributed by atoms with Crippen molar-refractivity contribution < 1.29 is 13.9 Å². The highest BCUT2D eigenvalue weighted by atomic mass is 32.2. The number of nitrogens with zero attached hydrogens (tertiary/aromatic N) is 1. The third-order valence-electron chi connectivity index (χ3n) is 1.53. The van der Waals surface area contributed by atoms with Gasteiger partial charge in [-0.3, -0.25) is 14.3 Å². The van der Waals surface area contributed by atoms with E-state index in [0.29, 0.717) is 6.29 Å². The number of benzene rings is 1. The summed E-state index contributed by atoms with van der Waals surface area (Å²) in [6.45, 7) is 0. The smallest absolute Gasteiger partial charge is 0.285 e. The van der Waals surface area contributed by atoms with Gasteiger partial charge in [-0.15, -0.1) is 0 Å². The van der Waals surface area contributed by atoms with Crippen LogP contribution in [-0.2, 0) is 15.6 Å². The lowest BCUT2D eigenvalue weighted by molar-refractivity contribution is -0.387. The van der Waals surface area contributed by atoms with Gasteiger partial charge >= 0.3 is 0 Å². The molecule has 0 aliphatic heterocycles. The highest BCUT2D eigenvalue weighted by Crippen LogP contribution is 2.20. The van der Waals surface area contributed by atoms with Crippen molar-refractivity contribution in [2.24, 2.45) is 0 Å². The summed E-state index contributed by atoms with van der Waals surface area (Å²) in [5.74, 6) is -0.217. The maximum atomic E-state index is 11.3. The second-order valence-electron chi connectivity index (χ2n) is 2.40. The first-order valence-corrected chi connectivity index (χ1v) is 5.04. The lowest BCUT2D eigenvalue weighted by Gasteiger charge is -1.98. The standard InChI is InChI=1S/C8H7NO4S/c10-5-6-14(13)8-4-2-1-3-7(8)9(11)12/h1-5H,6H2. The number of nitro groups is 1. The Balaban J connectivity index is 3.12. The lowest BCUT2D eigenvalue weighted by Crippen LogP contribution is -2.02. The molecule has 0 spiro atoms. The molecular formula is C8H7NO4S. The van der Waals surface area contributed by atoms with Crippen LogP contribution in [0.15, 0.2) is 29.2 Å². The van der Waals surface area contributed by atoms with Gasteiger partial charge in [-0.25, -0.2) is 0 Å². The zero-order valence-electron chi connectivity index (χ0n) is 7.08. The largest absolute Gasteiger partial charge is 0.302 e. The molecule has 14 heavy (non-hydrogen) atoms. The maximum Gasteiger partial charge on any atom is 0.285 e. The van der Waals surface area contributed by atoms with E-state index in [2.05, 4.69) is 0 Å². The van der Waals surface area contributed by atoms with Crippen LogP contribution in [0.3, 0.4) is 0 Å². The number of carbonyl (C=O) groups excluding carboxylic acids is 1. The molecule has 0 fully saturated rings. The molecule has 1 aromatic carbocycles. The highest BCUT2D eigenvalue weighted by Gasteiger charge is 2.17. The van der Waals surface area contributed by atoms with Crippen molar-refractivity contribution in [3.8, 4) is 0 Å². The number of aldehydes is 1. The van der Waals surface area contributed by atoms with Crippen LogP contribution in [0, 0.1) is 10.1 Å². The van der Waals surface area contributed by atoms with Crippen LogP contribution < -0.4 is 0 Å². The van der Waals surface area contributed by atoms with Crippen LogP contribution in [-0.4, -0.2) is 21.2 Å². The molecule has 0 heterocycles. The van der Waals surface area contributed by atoms with Crippen molar-refractivity contribution in [1.82, 2.24) is 0 Å². The van der Waals surface area contributed by atoms with Crippen LogP contribution in [0.5, 0.6) is 0 Å². The Morgan fingerprint density at radius 2 is 2.07 bits per heavy atom. The maximum absolute atomic E-state index is 11.3. The van der Waals surface area contributed by atoms with Crippen molar-refractivity contribution in [1.29, 1.82) is 0 Å². The number of hydrogen-bond donors (Lipinski definition) is 0. The molecule has 0 bridgehead atoms. The Bertz CT molecular complexity index is 391. The number of para-hydroxylation sites is 1. The molecule has 0 aliphatic rings. The average molecular weight is 213 g/mol. The first kappa shape index (κ1) is 10.5. The minimum Gasteiger partial charge on any atom is -0.302 e. The highest BCUT2D eigenvalue weighted by molar-refractivity contribution is 7.85. The second kappa shape index (κ2) is 4.61. The molecule has 0 radical (unpaired) electrons. The SMILES string of the molecule is O=CCS(=O)c1ccccc1[N+](=O)[O-]. The fourth-order valence-corrected chi connectivity index (χ4v) is 1.86. The summed E-state index contributed by atoms with van der Waals surface area (Å²) in [6, 6.07) is 5.68. The summed E-state index contributed by atoms with van der Waals surface area (Å²) in [7, 11) is -1.63. The summed E-state index contributed by atoms with van der Waals surface area (Å²) in [4.78, 5) is 20.1. The van der Waals surface area contributed by atoms with Gasteiger partial charge in [-0.1, -0.05) is 12.1 Å². The molecule has 1 unspecified atom stereocenters. The Morgan fingerprint density at radius 1 is 1.43 bits per heavy atom. The quantitative estimate of drug-likeness (QED) is 0.423. The zero-order chi connectivity index (χ0) is 10.6. The minimum absolute atomic E-state index is 0.0876. The summed E-state index contributed by atoms with van der Waals surface area (Å²) < 4.78 is 11.3. The van der Waals surface area contributed by atoms with E-state index in [4.69, 9.17) is 0 Å². The van der Waals surface area contributed by atoms with E-state index < -0.39 is 15.7 Å². The molecular weight excluding hydrogens is 206 g/mol. The number of nitro benzene ring substituents is 1. The third-order valence-corrected chi connectivity index (χ3v) is 2.80. The molecule has 1 rings (SSSR count). The van der Waals surface area contributed by atoms with E-state index in [1.807, 2.05) is 0 Å². The van der Waals surface area contributed by atoms with Gasteiger partial charge in [0, 0.05) is 6.07 Å². The molecule has 0 saturated heterocycles. The van der Waals surface area contributed by atoms with Crippen LogP contribution in [0.25, 0.3) is 0 Å². The van der Waals surface area contributed by atoms with E-state index in [1.54, 1.807) is 6.07 Å². The van der Waals surface area contributed by atoms with Crippen LogP contribution in [0.2, 0.25) is 0 Å². The third kappa shape index (κ3) is 2.23. The van der Waals surface area contributed by atoms with Crippen molar-refractivity contribution in [2.75, 3.05) is 5.75 Å². The normalized spacial score (nSPS) is 12.0. The Morgan fingerprint density at radius 3 is 2.64 bits per heavy atom. The van der Waals surface area contributed by atoms with Gasteiger partial charge in [-0.05, 0) is 6.07 Å². The molecule has 0 aromatic heterocycles. The van der Waals surface area contributed by atoms with Gasteiger partial charge in [0.1, 0.15) is 11.2 Å². The fourth-order valence-electron chi connectivity index (χ4n) is 0.952. The lowest BCUT2D eigenvalue weighted by atomic mass is 10.3. The average Bonchev–Trinajstić information content (AvgIpc) is 2.18. The monoisotopic (exact) mass is 213 g/mol. The van der Waals surface area contributed by atoms with E-state index in [-0.39, 0.29) is 16.3 Å². The Hall–Kier alpha value is -1.56. The van der Waals surface area contributed by atoms with Crippen LogP contribution in [0.1, 0.15) is 0 Å². The van der Waals surface area contributed by atoms with Gasteiger partial charge in [0.05, 0.1) is 21.5 Å². The molecule has 5 nitrogen and oxygen atoms in total. The van der Waals surface area contributed by atoms with E-state index in [9.17, 15) is 19.1 Å². The zero-order valence-corrected chi connectivity index (χ0v) is 7.90. The van der Waals surface area contributed by atoms with Gasteiger partial charge < -0.3 is 4.79 Å². The molecule has 0 saturated carbocycles. The number of rotatable bonds is 4. The Kier molecular flexibility index (Phi) is 3.47. The predicted molar refractivity (Wildman–Crippen MR) is 50.4 cm³/mol. The van der Waals surface area contributed by atoms with Crippen molar-refractivity contribution in [2.45, 2.75) is 4.90 Å².